The fraction of sp³-hybridized carbons (Fsp3) is 0.571. The molecule has 2 rings (SSSR count). The number of benzene rings is 1. The second-order valence-electron chi connectivity index (χ2n) is 4.93. The van der Waals surface area contributed by atoms with Crippen LogP contribution in [-0.4, -0.2) is 4.83 Å². The maximum atomic E-state index is 13.8. The Kier molecular flexibility index (Phi) is 3.68. The summed E-state index contributed by atoms with van der Waals surface area (Å²) >= 11 is 3.70. The van der Waals surface area contributed by atoms with E-state index in [9.17, 15) is 4.39 Å². The fourth-order valence-corrected chi connectivity index (χ4v) is 3.00. The van der Waals surface area contributed by atoms with E-state index in [1.165, 1.54) is 12.8 Å². The van der Waals surface area contributed by atoms with Gasteiger partial charge in [-0.2, -0.15) is 0 Å². The number of alkyl halides is 1. The summed E-state index contributed by atoms with van der Waals surface area (Å²) in [7, 11) is 0. The largest absolute Gasteiger partial charge is 0.207 e. The van der Waals surface area contributed by atoms with Gasteiger partial charge in [0.05, 0.1) is 0 Å². The molecule has 1 aromatic rings. The summed E-state index contributed by atoms with van der Waals surface area (Å²) in [6.07, 6.45) is 4.58. The molecule has 2 heteroatoms. The van der Waals surface area contributed by atoms with E-state index in [1.807, 2.05) is 13.8 Å². The average Bonchev–Trinajstić information content (AvgIpc) is 2.98. The van der Waals surface area contributed by atoms with Crippen LogP contribution >= 0.6 is 15.9 Å². The highest BCUT2D eigenvalue weighted by molar-refractivity contribution is 9.09. The van der Waals surface area contributed by atoms with Crippen molar-refractivity contribution in [2.24, 2.45) is 5.92 Å². The van der Waals surface area contributed by atoms with Gasteiger partial charge in [-0.1, -0.05) is 22.0 Å². The predicted molar refractivity (Wildman–Crippen MR) is 69.6 cm³/mol. The van der Waals surface area contributed by atoms with Gasteiger partial charge in [0.15, 0.2) is 0 Å². The molecule has 1 saturated carbocycles. The van der Waals surface area contributed by atoms with Crippen LogP contribution < -0.4 is 0 Å². The molecule has 88 valence electrons. The highest BCUT2D eigenvalue weighted by Gasteiger charge is 2.29. The van der Waals surface area contributed by atoms with E-state index in [1.54, 1.807) is 6.07 Å². The maximum absolute atomic E-state index is 13.8. The summed E-state index contributed by atoms with van der Waals surface area (Å²) in [5.74, 6) is 0.807. The third-order valence-electron chi connectivity index (χ3n) is 3.37. The van der Waals surface area contributed by atoms with Crippen LogP contribution in [0.25, 0.3) is 0 Å². The minimum Gasteiger partial charge on any atom is -0.207 e. The van der Waals surface area contributed by atoms with Crippen molar-refractivity contribution in [1.82, 2.24) is 0 Å². The van der Waals surface area contributed by atoms with Crippen molar-refractivity contribution >= 4 is 15.9 Å². The summed E-state index contributed by atoms with van der Waals surface area (Å²) in [5, 5.41) is 0. The molecule has 1 unspecified atom stereocenters. The molecule has 1 aliphatic carbocycles. The Labute approximate surface area is 105 Å². The number of hydrogen-bond donors (Lipinski definition) is 0. The first kappa shape index (κ1) is 12.1. The average molecular weight is 285 g/mol. The van der Waals surface area contributed by atoms with Crippen molar-refractivity contribution in [3.63, 3.8) is 0 Å². The minimum atomic E-state index is -0.0343. The molecule has 0 aliphatic heterocycles. The highest BCUT2D eigenvalue weighted by atomic mass is 79.9. The fourth-order valence-electron chi connectivity index (χ4n) is 2.24. The van der Waals surface area contributed by atoms with Crippen LogP contribution in [-0.2, 0) is 6.42 Å². The van der Waals surface area contributed by atoms with Gasteiger partial charge in [-0.25, -0.2) is 4.39 Å². The molecule has 0 N–H and O–H groups in total. The molecule has 1 aliphatic rings. The Bertz CT molecular complexity index is 359. The van der Waals surface area contributed by atoms with Crippen LogP contribution in [0.4, 0.5) is 4.39 Å². The lowest BCUT2D eigenvalue weighted by atomic mass is 9.99. The first-order valence-electron chi connectivity index (χ1n) is 5.97. The zero-order valence-electron chi connectivity index (χ0n) is 9.89. The lowest BCUT2D eigenvalue weighted by Crippen LogP contribution is -2.05. The number of aryl methyl sites for hydroxylation is 2. The van der Waals surface area contributed by atoms with E-state index in [-0.39, 0.29) is 5.82 Å². The van der Waals surface area contributed by atoms with E-state index in [0.29, 0.717) is 4.83 Å². The van der Waals surface area contributed by atoms with E-state index < -0.39 is 0 Å². The van der Waals surface area contributed by atoms with Crippen molar-refractivity contribution in [1.29, 1.82) is 0 Å². The molecule has 0 spiro atoms. The summed E-state index contributed by atoms with van der Waals surface area (Å²) < 4.78 is 13.8. The minimum absolute atomic E-state index is 0.0343. The molecule has 0 nitrogen and oxygen atoms in total. The lowest BCUT2D eigenvalue weighted by Gasteiger charge is -2.11. The third kappa shape index (κ3) is 2.85. The molecule has 1 fully saturated rings. The smallest absolute Gasteiger partial charge is 0.126 e. The topological polar surface area (TPSA) is 0 Å². The second kappa shape index (κ2) is 4.87. The van der Waals surface area contributed by atoms with Crippen LogP contribution in [0.5, 0.6) is 0 Å². The molecule has 0 heterocycles. The quantitative estimate of drug-likeness (QED) is 0.712. The van der Waals surface area contributed by atoms with Gasteiger partial charge in [0, 0.05) is 4.83 Å². The Morgan fingerprint density at radius 1 is 1.38 bits per heavy atom. The van der Waals surface area contributed by atoms with E-state index >= 15 is 0 Å². The maximum Gasteiger partial charge on any atom is 0.126 e. The molecule has 1 atom stereocenters. The van der Waals surface area contributed by atoms with E-state index in [2.05, 4.69) is 22.0 Å². The standard InChI is InChI=1S/C14H18BrF/c1-9-7-10(2)12(14(16)8-9)5-6-13(15)11-3-4-11/h7-8,11,13H,3-6H2,1-2H3. The zero-order valence-corrected chi connectivity index (χ0v) is 11.5. The summed E-state index contributed by atoms with van der Waals surface area (Å²) in [4.78, 5) is 0.576. The van der Waals surface area contributed by atoms with Gasteiger partial charge in [0.25, 0.3) is 0 Å². The summed E-state index contributed by atoms with van der Waals surface area (Å²) in [5.41, 5.74) is 3.00. The van der Waals surface area contributed by atoms with Crippen LogP contribution in [0.2, 0.25) is 0 Å². The van der Waals surface area contributed by atoms with E-state index in [0.717, 1.165) is 35.4 Å². The van der Waals surface area contributed by atoms with Gasteiger partial charge < -0.3 is 0 Å². The predicted octanol–water partition coefficient (Wildman–Crippen LogP) is 4.55. The number of hydrogen-bond acceptors (Lipinski definition) is 0. The van der Waals surface area contributed by atoms with Gasteiger partial charge in [0.1, 0.15) is 5.82 Å². The number of rotatable bonds is 4. The van der Waals surface area contributed by atoms with Crippen molar-refractivity contribution in [3.8, 4) is 0 Å². The molecule has 16 heavy (non-hydrogen) atoms. The van der Waals surface area contributed by atoms with Crippen molar-refractivity contribution in [2.45, 2.75) is 44.4 Å². The lowest BCUT2D eigenvalue weighted by molar-refractivity contribution is 0.594. The molecular formula is C14H18BrF. The molecule has 0 amide bonds. The molecule has 1 aromatic carbocycles. The molecule has 0 radical (unpaired) electrons. The molecule has 0 aromatic heterocycles. The van der Waals surface area contributed by atoms with Crippen LogP contribution in [0, 0.1) is 25.6 Å². The van der Waals surface area contributed by atoms with Crippen molar-refractivity contribution < 1.29 is 4.39 Å². The first-order chi connectivity index (χ1) is 7.58. The van der Waals surface area contributed by atoms with Crippen molar-refractivity contribution in [2.75, 3.05) is 0 Å². The van der Waals surface area contributed by atoms with Crippen molar-refractivity contribution in [3.05, 3.63) is 34.6 Å². The summed E-state index contributed by atoms with van der Waals surface area (Å²) in [6.45, 7) is 3.95. The van der Waals surface area contributed by atoms with Gasteiger partial charge in [0.2, 0.25) is 0 Å². The van der Waals surface area contributed by atoms with E-state index in [4.69, 9.17) is 0 Å². The van der Waals surface area contributed by atoms with Gasteiger partial charge in [-0.15, -0.1) is 0 Å². The third-order valence-corrected chi connectivity index (χ3v) is 4.57. The Balaban J connectivity index is 2.02. The Hall–Kier alpha value is -0.370. The Morgan fingerprint density at radius 3 is 2.62 bits per heavy atom. The first-order valence-corrected chi connectivity index (χ1v) is 6.89. The molecule has 0 saturated heterocycles. The van der Waals surface area contributed by atoms with Crippen LogP contribution in [0.15, 0.2) is 12.1 Å². The second-order valence-corrected chi connectivity index (χ2v) is 6.11. The zero-order chi connectivity index (χ0) is 11.7. The Morgan fingerprint density at radius 2 is 2.06 bits per heavy atom. The monoisotopic (exact) mass is 284 g/mol. The molecule has 0 bridgehead atoms. The van der Waals surface area contributed by atoms with Gasteiger partial charge in [-0.3, -0.25) is 0 Å². The summed E-state index contributed by atoms with van der Waals surface area (Å²) in [6, 6.07) is 3.71. The molecular weight excluding hydrogens is 267 g/mol. The van der Waals surface area contributed by atoms with Crippen LogP contribution in [0.1, 0.15) is 36.0 Å². The normalized spacial score (nSPS) is 17.5. The van der Waals surface area contributed by atoms with Crippen LogP contribution in [0.3, 0.4) is 0 Å². The van der Waals surface area contributed by atoms with Gasteiger partial charge in [-0.05, 0) is 68.2 Å². The highest BCUT2D eigenvalue weighted by Crippen LogP contribution is 2.38. The SMILES string of the molecule is Cc1cc(C)c(CCC(Br)C2CC2)c(F)c1. The number of halogens is 2. The van der Waals surface area contributed by atoms with Gasteiger partial charge >= 0.3 is 0 Å².